The highest BCUT2D eigenvalue weighted by Crippen LogP contribution is 2.40. The molecule has 0 bridgehead atoms. The second-order valence-electron chi connectivity index (χ2n) is 9.02. The first-order valence-corrected chi connectivity index (χ1v) is 10.4. The maximum Gasteiger partial charge on any atom is 0.258 e. The first-order chi connectivity index (χ1) is 13.9. The molecule has 29 heavy (non-hydrogen) atoms. The Morgan fingerprint density at radius 1 is 1.21 bits per heavy atom. The van der Waals surface area contributed by atoms with Crippen LogP contribution in [0, 0.1) is 11.3 Å². The number of hydrogen-bond acceptors (Lipinski definition) is 4. The number of fused-ring (bicyclic) bond motifs is 1. The van der Waals surface area contributed by atoms with Gasteiger partial charge in [0, 0.05) is 12.4 Å². The quantitative estimate of drug-likeness (QED) is 0.758. The van der Waals surface area contributed by atoms with E-state index in [1.54, 1.807) is 23.4 Å². The Morgan fingerprint density at radius 3 is 2.69 bits per heavy atom. The van der Waals surface area contributed by atoms with E-state index in [9.17, 15) is 4.79 Å². The molecule has 152 valence electrons. The second kappa shape index (κ2) is 7.97. The van der Waals surface area contributed by atoms with Crippen LogP contribution in [0.5, 0.6) is 5.75 Å². The van der Waals surface area contributed by atoms with Crippen molar-refractivity contribution in [3.63, 3.8) is 0 Å². The highest BCUT2D eigenvalue weighted by molar-refractivity contribution is 5.98. The Morgan fingerprint density at radius 2 is 2.00 bits per heavy atom. The molecule has 1 aliphatic heterocycles. The molecule has 0 radical (unpaired) electrons. The van der Waals surface area contributed by atoms with Gasteiger partial charge in [0.2, 0.25) is 0 Å². The van der Waals surface area contributed by atoms with Gasteiger partial charge in [0.1, 0.15) is 18.2 Å². The molecule has 0 N–H and O–H groups in total. The zero-order chi connectivity index (χ0) is 20.4. The van der Waals surface area contributed by atoms with Crippen molar-refractivity contribution in [2.24, 2.45) is 11.3 Å². The van der Waals surface area contributed by atoms with Crippen LogP contribution in [0.4, 0.5) is 0 Å². The molecular weight excluding hydrogens is 362 g/mol. The molecule has 2 heterocycles. The minimum Gasteiger partial charge on any atom is -0.491 e. The molecule has 1 aromatic heterocycles. The summed E-state index contributed by atoms with van der Waals surface area (Å²) < 4.78 is 5.87. The molecule has 0 saturated carbocycles. The Labute approximate surface area is 172 Å². The average Bonchev–Trinajstić information content (AvgIpc) is 2.87. The highest BCUT2D eigenvalue weighted by Gasteiger charge is 2.28. The van der Waals surface area contributed by atoms with Crippen LogP contribution in [-0.2, 0) is 6.54 Å². The van der Waals surface area contributed by atoms with Gasteiger partial charge in [0.15, 0.2) is 0 Å². The molecule has 4 rings (SSSR count). The van der Waals surface area contributed by atoms with Crippen molar-refractivity contribution in [1.82, 2.24) is 14.9 Å². The average molecular weight is 392 g/mol. The summed E-state index contributed by atoms with van der Waals surface area (Å²) in [6, 6.07) is 7.82. The molecule has 5 nitrogen and oxygen atoms in total. The van der Waals surface area contributed by atoms with E-state index < -0.39 is 0 Å². The zero-order valence-corrected chi connectivity index (χ0v) is 17.5. The van der Waals surface area contributed by atoms with Gasteiger partial charge in [0.25, 0.3) is 5.91 Å². The minimum atomic E-state index is -0.0178. The van der Waals surface area contributed by atoms with E-state index in [1.807, 2.05) is 12.1 Å². The summed E-state index contributed by atoms with van der Waals surface area (Å²) in [5.74, 6) is 2.00. The molecule has 0 saturated heterocycles. The summed E-state index contributed by atoms with van der Waals surface area (Å²) in [5.41, 5.74) is 3.43. The number of rotatable bonds is 3. The molecule has 2 aromatic rings. The van der Waals surface area contributed by atoms with Crippen LogP contribution in [0.1, 0.15) is 61.8 Å². The molecule has 1 aromatic carbocycles. The second-order valence-corrected chi connectivity index (χ2v) is 9.02. The van der Waals surface area contributed by atoms with E-state index in [4.69, 9.17) is 4.74 Å². The topological polar surface area (TPSA) is 55.3 Å². The summed E-state index contributed by atoms with van der Waals surface area (Å²) in [7, 11) is 0. The number of benzene rings is 1. The lowest BCUT2D eigenvalue weighted by atomic mass is 9.72. The summed E-state index contributed by atoms with van der Waals surface area (Å²) in [6.45, 7) is 8.35. The first-order valence-electron chi connectivity index (χ1n) is 10.4. The van der Waals surface area contributed by atoms with Crippen LogP contribution in [0.15, 0.2) is 42.7 Å². The third kappa shape index (κ3) is 4.34. The van der Waals surface area contributed by atoms with Crippen LogP contribution in [0.2, 0.25) is 0 Å². The smallest absolute Gasteiger partial charge is 0.258 e. The number of aromatic nitrogens is 2. The largest absolute Gasteiger partial charge is 0.491 e. The standard InChI is InChI=1S/C24H29N3O2/c1-24(2,3)19-8-5-17(6-9-19)18-7-10-21-20(15-18)23(28)27(13-14-29-21)16-22-25-11-4-12-26-22/h4-5,7,10-12,15,19H,6,8-9,13-14,16H2,1-3H3/t19-/m1/s1. The van der Waals surface area contributed by atoms with Gasteiger partial charge in [-0.25, -0.2) is 9.97 Å². The molecule has 0 spiro atoms. The first kappa shape index (κ1) is 19.6. The van der Waals surface area contributed by atoms with Crippen molar-refractivity contribution < 1.29 is 9.53 Å². The van der Waals surface area contributed by atoms with Gasteiger partial charge in [-0.05, 0) is 59.9 Å². The van der Waals surface area contributed by atoms with E-state index in [1.165, 1.54) is 12.0 Å². The van der Waals surface area contributed by atoms with Gasteiger partial charge in [-0.2, -0.15) is 0 Å². The molecular formula is C24H29N3O2. The van der Waals surface area contributed by atoms with Crippen molar-refractivity contribution in [3.05, 3.63) is 59.7 Å². The van der Waals surface area contributed by atoms with Crippen LogP contribution in [0.3, 0.4) is 0 Å². The lowest BCUT2D eigenvalue weighted by molar-refractivity contribution is 0.0738. The fourth-order valence-electron chi connectivity index (χ4n) is 4.18. The van der Waals surface area contributed by atoms with Crippen LogP contribution >= 0.6 is 0 Å². The van der Waals surface area contributed by atoms with Crippen LogP contribution in [-0.4, -0.2) is 33.9 Å². The molecule has 5 heteroatoms. The van der Waals surface area contributed by atoms with Gasteiger partial charge in [-0.15, -0.1) is 0 Å². The van der Waals surface area contributed by atoms with Crippen molar-refractivity contribution in [1.29, 1.82) is 0 Å². The Hall–Kier alpha value is -2.69. The van der Waals surface area contributed by atoms with E-state index in [0.29, 0.717) is 48.2 Å². The number of amides is 1. The predicted molar refractivity (Wildman–Crippen MR) is 113 cm³/mol. The summed E-state index contributed by atoms with van der Waals surface area (Å²) in [5, 5.41) is 0. The molecule has 1 atom stereocenters. The Balaban J connectivity index is 1.57. The van der Waals surface area contributed by atoms with Gasteiger partial charge >= 0.3 is 0 Å². The van der Waals surface area contributed by atoms with Crippen molar-refractivity contribution in [2.75, 3.05) is 13.2 Å². The van der Waals surface area contributed by atoms with Gasteiger partial charge in [-0.1, -0.05) is 32.9 Å². The minimum absolute atomic E-state index is 0.0178. The van der Waals surface area contributed by atoms with E-state index in [2.05, 4.69) is 42.9 Å². The molecule has 0 fully saturated rings. The normalized spacial score (nSPS) is 19.8. The third-order valence-electron chi connectivity index (χ3n) is 6.07. The lowest BCUT2D eigenvalue weighted by Crippen LogP contribution is -2.32. The summed E-state index contributed by atoms with van der Waals surface area (Å²) >= 11 is 0. The van der Waals surface area contributed by atoms with Crippen molar-refractivity contribution >= 4 is 11.5 Å². The van der Waals surface area contributed by atoms with E-state index >= 15 is 0 Å². The van der Waals surface area contributed by atoms with Crippen molar-refractivity contribution in [2.45, 2.75) is 46.6 Å². The predicted octanol–water partition coefficient (Wildman–Crippen LogP) is 4.74. The molecule has 2 aliphatic rings. The van der Waals surface area contributed by atoms with Gasteiger partial charge in [0.05, 0.1) is 18.7 Å². The SMILES string of the molecule is CC(C)(C)[C@@H]1CC=C(c2ccc3c(c2)C(=O)N(Cc2ncccn2)CCO3)CC1. The number of carbonyl (C=O) groups excluding carboxylic acids is 1. The van der Waals surface area contributed by atoms with Crippen molar-refractivity contribution in [3.8, 4) is 5.75 Å². The van der Waals surface area contributed by atoms with Crippen LogP contribution in [0.25, 0.3) is 5.57 Å². The van der Waals surface area contributed by atoms with E-state index in [-0.39, 0.29) is 5.91 Å². The molecule has 1 amide bonds. The zero-order valence-electron chi connectivity index (χ0n) is 17.5. The fourth-order valence-corrected chi connectivity index (χ4v) is 4.18. The maximum absolute atomic E-state index is 13.2. The number of hydrogen-bond donors (Lipinski definition) is 0. The highest BCUT2D eigenvalue weighted by atomic mass is 16.5. The fraction of sp³-hybridized carbons (Fsp3) is 0.458. The molecule has 1 aliphatic carbocycles. The summed E-state index contributed by atoms with van der Waals surface area (Å²) in [4.78, 5) is 23.5. The number of nitrogens with zero attached hydrogens (tertiary/aromatic N) is 3. The number of carbonyl (C=O) groups is 1. The van der Waals surface area contributed by atoms with Crippen LogP contribution < -0.4 is 4.74 Å². The lowest BCUT2D eigenvalue weighted by Gasteiger charge is -2.33. The third-order valence-corrected chi connectivity index (χ3v) is 6.07. The number of allylic oxidation sites excluding steroid dienone is 2. The maximum atomic E-state index is 13.2. The molecule has 0 unspecified atom stereocenters. The van der Waals surface area contributed by atoms with E-state index in [0.717, 1.165) is 18.4 Å². The Bertz CT molecular complexity index is 915. The van der Waals surface area contributed by atoms with Gasteiger partial charge < -0.3 is 9.64 Å². The number of ether oxygens (including phenoxy) is 1. The monoisotopic (exact) mass is 391 g/mol. The summed E-state index contributed by atoms with van der Waals surface area (Å²) in [6.07, 6.45) is 9.10. The Kier molecular flexibility index (Phi) is 5.39. The van der Waals surface area contributed by atoms with Gasteiger partial charge in [-0.3, -0.25) is 4.79 Å².